The molecule has 6 aromatic rings. The number of aromatic nitrogens is 2. The van der Waals surface area contributed by atoms with Crippen LogP contribution in [0.4, 0.5) is 13.2 Å². The van der Waals surface area contributed by atoms with Crippen molar-refractivity contribution >= 4 is 56.9 Å². The number of alkyl halides is 3. The van der Waals surface area contributed by atoms with Crippen LogP contribution < -0.4 is 5.73 Å². The lowest BCUT2D eigenvalue weighted by molar-refractivity contribution is -0.137. The van der Waals surface area contributed by atoms with E-state index in [1.165, 1.54) is 17.0 Å². The van der Waals surface area contributed by atoms with Crippen LogP contribution in [0.3, 0.4) is 0 Å². The van der Waals surface area contributed by atoms with Gasteiger partial charge in [0.05, 0.1) is 5.56 Å². The van der Waals surface area contributed by atoms with E-state index in [1.54, 1.807) is 29.7 Å². The van der Waals surface area contributed by atoms with E-state index in [4.69, 9.17) is 17.3 Å². The van der Waals surface area contributed by atoms with Crippen molar-refractivity contribution in [2.24, 2.45) is 5.73 Å². The van der Waals surface area contributed by atoms with Crippen LogP contribution in [0, 0.1) is 0 Å². The molecule has 214 valence electrons. The van der Waals surface area contributed by atoms with Crippen molar-refractivity contribution in [2.45, 2.75) is 44.5 Å². The number of halogens is 4. The second-order valence-corrected chi connectivity index (χ2v) is 12.7. The molecule has 0 bridgehead atoms. The van der Waals surface area contributed by atoms with Crippen molar-refractivity contribution in [3.8, 4) is 0 Å². The van der Waals surface area contributed by atoms with E-state index in [9.17, 15) is 13.2 Å². The minimum Gasteiger partial charge on any atom is -0.360 e. The van der Waals surface area contributed by atoms with E-state index in [2.05, 4.69) is 34.2 Å². The lowest BCUT2D eigenvalue weighted by Crippen LogP contribution is -2.14. The Morgan fingerprint density at radius 1 is 0.738 bits per heavy atom. The largest absolute Gasteiger partial charge is 0.416 e. The molecule has 0 saturated carbocycles. The first-order valence-electron chi connectivity index (χ1n) is 13.5. The summed E-state index contributed by atoms with van der Waals surface area (Å²) in [5, 5.41) is 2.63. The molecular formula is C33H27ClF3N3S2. The SMILES string of the molecule is NCC(CCc1cc(Cl)ccc1Sc1c[nH]c2ccccc12)c1ccccc1Sc1c[nH]c2cc(C(F)(F)F)ccc12. The van der Waals surface area contributed by atoms with Crippen molar-refractivity contribution in [3.63, 3.8) is 0 Å². The van der Waals surface area contributed by atoms with Crippen LogP contribution in [0.25, 0.3) is 21.8 Å². The first-order chi connectivity index (χ1) is 20.3. The second-order valence-electron chi connectivity index (χ2n) is 10.1. The van der Waals surface area contributed by atoms with Gasteiger partial charge in [0.25, 0.3) is 0 Å². The van der Waals surface area contributed by atoms with Crippen molar-refractivity contribution in [1.82, 2.24) is 9.97 Å². The van der Waals surface area contributed by atoms with Crippen LogP contribution in [0.1, 0.15) is 29.0 Å². The maximum absolute atomic E-state index is 13.2. The Labute approximate surface area is 255 Å². The van der Waals surface area contributed by atoms with Gasteiger partial charge in [-0.15, -0.1) is 0 Å². The summed E-state index contributed by atoms with van der Waals surface area (Å²) in [6.07, 6.45) is 1.03. The summed E-state index contributed by atoms with van der Waals surface area (Å²) in [5.74, 6) is 0.0839. The smallest absolute Gasteiger partial charge is 0.360 e. The van der Waals surface area contributed by atoms with Gasteiger partial charge in [0.15, 0.2) is 0 Å². The summed E-state index contributed by atoms with van der Waals surface area (Å²) in [4.78, 5) is 10.6. The van der Waals surface area contributed by atoms with Crippen LogP contribution in [-0.2, 0) is 12.6 Å². The summed E-state index contributed by atoms with van der Waals surface area (Å²) in [7, 11) is 0. The van der Waals surface area contributed by atoms with Crippen molar-refractivity contribution in [3.05, 3.63) is 119 Å². The first kappa shape index (κ1) is 28.8. The Bertz CT molecular complexity index is 1860. The Morgan fingerprint density at radius 3 is 2.21 bits per heavy atom. The molecule has 3 nitrogen and oxygen atoms in total. The Morgan fingerprint density at radius 2 is 1.43 bits per heavy atom. The molecule has 2 heterocycles. The van der Waals surface area contributed by atoms with Crippen LogP contribution in [0.15, 0.2) is 117 Å². The van der Waals surface area contributed by atoms with Gasteiger partial charge in [0.1, 0.15) is 0 Å². The molecule has 42 heavy (non-hydrogen) atoms. The van der Waals surface area contributed by atoms with Crippen molar-refractivity contribution in [2.75, 3.05) is 6.54 Å². The molecule has 4 aromatic carbocycles. The molecule has 0 amide bonds. The van der Waals surface area contributed by atoms with E-state index >= 15 is 0 Å². The average Bonchev–Trinajstić information content (AvgIpc) is 3.58. The molecule has 0 spiro atoms. The van der Waals surface area contributed by atoms with Gasteiger partial charge < -0.3 is 15.7 Å². The van der Waals surface area contributed by atoms with E-state index in [1.807, 2.05) is 48.7 Å². The molecule has 0 fully saturated rings. The third-order valence-electron chi connectivity index (χ3n) is 7.39. The van der Waals surface area contributed by atoms with Gasteiger partial charge in [-0.05, 0) is 78.9 Å². The maximum Gasteiger partial charge on any atom is 0.416 e. The number of nitrogens with two attached hydrogens (primary N) is 1. The number of aryl methyl sites for hydroxylation is 1. The molecule has 1 unspecified atom stereocenters. The highest BCUT2D eigenvalue weighted by molar-refractivity contribution is 8.00. The van der Waals surface area contributed by atoms with E-state index in [-0.39, 0.29) is 5.92 Å². The third kappa shape index (κ3) is 6.08. The highest BCUT2D eigenvalue weighted by Crippen LogP contribution is 2.41. The summed E-state index contributed by atoms with van der Waals surface area (Å²) < 4.78 is 39.6. The third-order valence-corrected chi connectivity index (χ3v) is 9.95. The standard InChI is InChI=1S/C33H27ClF3N3S2/c34-23-12-14-29(41-31-18-39-27-7-3-1-6-25(27)31)20(15-23)9-10-21(17-38)24-5-2-4-8-30(24)42-32-19-40-28-16-22(33(35,36)37)11-13-26(28)32/h1-8,11-16,18-19,21,39-40H,9-10,17,38H2. The molecule has 0 aliphatic rings. The number of aromatic amines is 2. The number of hydrogen-bond acceptors (Lipinski definition) is 3. The number of benzene rings is 4. The predicted octanol–water partition coefficient (Wildman–Crippen LogP) is 10.3. The zero-order valence-corrected chi connectivity index (χ0v) is 24.7. The molecule has 4 N–H and O–H groups in total. The number of fused-ring (bicyclic) bond motifs is 2. The van der Waals surface area contributed by atoms with Crippen LogP contribution in [0.5, 0.6) is 0 Å². The molecule has 6 rings (SSSR count). The maximum atomic E-state index is 13.2. The molecule has 2 aromatic heterocycles. The van der Waals surface area contributed by atoms with E-state index in [0.717, 1.165) is 61.0 Å². The van der Waals surface area contributed by atoms with Crippen LogP contribution >= 0.6 is 35.1 Å². The number of nitrogens with one attached hydrogen (secondary N) is 2. The zero-order valence-electron chi connectivity index (χ0n) is 22.3. The number of rotatable bonds is 9. The van der Waals surface area contributed by atoms with E-state index < -0.39 is 11.7 Å². The summed E-state index contributed by atoms with van der Waals surface area (Å²) >= 11 is 9.70. The molecule has 0 aliphatic heterocycles. The van der Waals surface area contributed by atoms with Crippen LogP contribution in [0.2, 0.25) is 5.02 Å². The quantitative estimate of drug-likeness (QED) is 0.150. The van der Waals surface area contributed by atoms with Gasteiger partial charge in [0.2, 0.25) is 0 Å². The molecule has 1 atom stereocenters. The van der Waals surface area contributed by atoms with Gasteiger partial charge in [-0.1, -0.05) is 77.6 Å². The zero-order chi connectivity index (χ0) is 29.3. The lowest BCUT2D eigenvalue weighted by atomic mass is 9.92. The van der Waals surface area contributed by atoms with Crippen molar-refractivity contribution in [1.29, 1.82) is 0 Å². The lowest BCUT2D eigenvalue weighted by Gasteiger charge is -2.20. The van der Waals surface area contributed by atoms with Gasteiger partial charge in [-0.25, -0.2) is 0 Å². The fraction of sp³-hybridized carbons (Fsp3) is 0.152. The highest BCUT2D eigenvalue weighted by atomic mass is 35.5. The van der Waals surface area contributed by atoms with Crippen molar-refractivity contribution < 1.29 is 13.2 Å². The van der Waals surface area contributed by atoms with Gasteiger partial charge in [0, 0.05) is 58.8 Å². The Kier molecular flexibility index (Phi) is 8.32. The fourth-order valence-corrected chi connectivity index (χ4v) is 7.62. The minimum absolute atomic E-state index is 0.0839. The van der Waals surface area contributed by atoms with E-state index in [0.29, 0.717) is 17.1 Å². The summed E-state index contributed by atoms with van der Waals surface area (Å²) in [6.45, 7) is 0.464. The normalized spacial score (nSPS) is 12.8. The van der Waals surface area contributed by atoms with Gasteiger partial charge >= 0.3 is 6.18 Å². The second kappa shape index (κ2) is 12.1. The first-order valence-corrected chi connectivity index (χ1v) is 15.5. The van der Waals surface area contributed by atoms with Crippen LogP contribution in [-0.4, -0.2) is 16.5 Å². The van der Waals surface area contributed by atoms with Gasteiger partial charge in [-0.3, -0.25) is 0 Å². The summed E-state index contributed by atoms with van der Waals surface area (Å²) in [5.41, 5.74) is 9.52. The predicted molar refractivity (Wildman–Crippen MR) is 168 cm³/mol. The summed E-state index contributed by atoms with van der Waals surface area (Å²) in [6, 6.07) is 26.2. The number of H-pyrrole nitrogens is 2. The Balaban J connectivity index is 1.23. The van der Waals surface area contributed by atoms with Gasteiger partial charge in [-0.2, -0.15) is 13.2 Å². The number of para-hydroxylation sites is 1. The topological polar surface area (TPSA) is 57.6 Å². The Hall–Kier alpha value is -3.30. The minimum atomic E-state index is -4.38. The molecule has 0 radical (unpaired) electrons. The monoisotopic (exact) mass is 621 g/mol. The highest BCUT2D eigenvalue weighted by Gasteiger charge is 2.30. The fourth-order valence-electron chi connectivity index (χ4n) is 5.21. The molecule has 0 saturated heterocycles. The molecule has 0 aliphatic carbocycles. The molecular weight excluding hydrogens is 595 g/mol. The number of hydrogen-bond donors (Lipinski definition) is 3. The average molecular weight is 622 g/mol. The molecule has 9 heteroatoms.